The van der Waals surface area contributed by atoms with E-state index in [2.05, 4.69) is 66.0 Å². The Morgan fingerprint density at radius 1 is 0.955 bits per heavy atom. The van der Waals surface area contributed by atoms with Crippen LogP contribution in [0.1, 0.15) is 39.2 Å². The minimum atomic E-state index is 0.366. The first kappa shape index (κ1) is 14.9. The van der Waals surface area contributed by atoms with Gasteiger partial charge in [-0.25, -0.2) is 4.98 Å². The molecule has 0 bridgehead atoms. The van der Waals surface area contributed by atoms with Gasteiger partial charge in [0.2, 0.25) is 0 Å². The first-order valence-electron chi connectivity index (χ1n) is 8.26. The Labute approximate surface area is 133 Å². The van der Waals surface area contributed by atoms with Gasteiger partial charge in [0, 0.05) is 24.8 Å². The Bertz CT molecular complexity index is 667. The van der Waals surface area contributed by atoms with E-state index in [0.29, 0.717) is 18.0 Å². The van der Waals surface area contributed by atoms with Gasteiger partial charge >= 0.3 is 0 Å². The summed E-state index contributed by atoms with van der Waals surface area (Å²) in [6.07, 6.45) is 2.25. The summed E-state index contributed by atoms with van der Waals surface area (Å²) in [6, 6.07) is 12.9. The Morgan fingerprint density at radius 3 is 2.41 bits per heavy atom. The monoisotopic (exact) mass is 295 g/mol. The Morgan fingerprint density at radius 2 is 1.64 bits per heavy atom. The SMILES string of the molecule is CC.CC1c2ccccc2N2c3ncccc3N(C)C2C1C. The number of hydrogen-bond donors (Lipinski definition) is 0. The summed E-state index contributed by atoms with van der Waals surface area (Å²) in [6.45, 7) is 8.69. The highest BCUT2D eigenvalue weighted by Gasteiger charge is 2.45. The highest BCUT2D eigenvalue weighted by molar-refractivity contribution is 5.83. The van der Waals surface area contributed by atoms with Crippen LogP contribution in [0.2, 0.25) is 0 Å². The van der Waals surface area contributed by atoms with Crippen molar-refractivity contribution in [2.75, 3.05) is 16.8 Å². The normalized spacial score (nSPS) is 24.9. The summed E-state index contributed by atoms with van der Waals surface area (Å²) in [7, 11) is 2.18. The number of nitrogens with zero attached hydrogens (tertiary/aromatic N) is 3. The zero-order chi connectivity index (χ0) is 15.9. The fraction of sp³-hybridized carbons (Fsp3) is 0.421. The van der Waals surface area contributed by atoms with E-state index < -0.39 is 0 Å². The second-order valence-electron chi connectivity index (χ2n) is 5.95. The van der Waals surface area contributed by atoms with Crippen LogP contribution in [0, 0.1) is 5.92 Å². The van der Waals surface area contributed by atoms with E-state index in [9.17, 15) is 0 Å². The van der Waals surface area contributed by atoms with Crippen molar-refractivity contribution in [1.82, 2.24) is 4.98 Å². The second-order valence-corrected chi connectivity index (χ2v) is 5.95. The average molecular weight is 295 g/mol. The molecule has 116 valence electrons. The van der Waals surface area contributed by atoms with Crippen molar-refractivity contribution in [3.63, 3.8) is 0 Å². The first-order valence-corrected chi connectivity index (χ1v) is 8.26. The molecule has 0 N–H and O–H groups in total. The molecule has 0 saturated heterocycles. The fourth-order valence-electron chi connectivity index (χ4n) is 3.77. The molecule has 3 heterocycles. The molecule has 2 aliphatic rings. The molecule has 0 radical (unpaired) electrons. The molecule has 22 heavy (non-hydrogen) atoms. The molecule has 0 amide bonds. The third-order valence-corrected chi connectivity index (χ3v) is 4.98. The predicted molar refractivity (Wildman–Crippen MR) is 93.9 cm³/mol. The average Bonchev–Trinajstić information content (AvgIpc) is 2.88. The summed E-state index contributed by atoms with van der Waals surface area (Å²) >= 11 is 0. The molecule has 0 aliphatic carbocycles. The second kappa shape index (κ2) is 5.64. The van der Waals surface area contributed by atoms with E-state index in [1.54, 1.807) is 0 Å². The largest absolute Gasteiger partial charge is 0.351 e. The van der Waals surface area contributed by atoms with Crippen LogP contribution in [0.5, 0.6) is 0 Å². The summed E-state index contributed by atoms with van der Waals surface area (Å²) < 4.78 is 0. The molecule has 0 fully saturated rings. The third kappa shape index (κ3) is 1.92. The van der Waals surface area contributed by atoms with E-state index in [-0.39, 0.29) is 0 Å². The molecule has 2 aromatic rings. The fourth-order valence-corrected chi connectivity index (χ4v) is 3.77. The molecule has 2 aliphatic heterocycles. The predicted octanol–water partition coefficient (Wildman–Crippen LogP) is 4.78. The number of fused-ring (bicyclic) bond motifs is 5. The van der Waals surface area contributed by atoms with Gasteiger partial charge in [0.25, 0.3) is 0 Å². The van der Waals surface area contributed by atoms with E-state index in [1.165, 1.54) is 16.9 Å². The molecule has 4 rings (SSSR count). The number of para-hydroxylation sites is 1. The van der Waals surface area contributed by atoms with Crippen LogP contribution in [0.15, 0.2) is 42.6 Å². The first-order chi connectivity index (χ1) is 10.7. The van der Waals surface area contributed by atoms with Crippen LogP contribution < -0.4 is 9.80 Å². The van der Waals surface area contributed by atoms with Crippen LogP contribution in [0.25, 0.3) is 0 Å². The maximum Gasteiger partial charge on any atom is 0.158 e. The van der Waals surface area contributed by atoms with Crippen molar-refractivity contribution >= 4 is 17.2 Å². The summed E-state index contributed by atoms with van der Waals surface area (Å²) in [5, 5.41) is 0. The van der Waals surface area contributed by atoms with Crippen molar-refractivity contribution in [3.05, 3.63) is 48.2 Å². The van der Waals surface area contributed by atoms with Crippen molar-refractivity contribution in [1.29, 1.82) is 0 Å². The Balaban J connectivity index is 0.000000693. The number of hydrogen-bond acceptors (Lipinski definition) is 3. The van der Waals surface area contributed by atoms with Gasteiger partial charge < -0.3 is 9.80 Å². The Kier molecular flexibility index (Phi) is 3.81. The molecule has 3 nitrogen and oxygen atoms in total. The highest BCUT2D eigenvalue weighted by atomic mass is 15.4. The Hall–Kier alpha value is -2.03. The lowest BCUT2D eigenvalue weighted by molar-refractivity contribution is 0.379. The van der Waals surface area contributed by atoms with Gasteiger partial charge in [-0.15, -0.1) is 0 Å². The summed E-state index contributed by atoms with van der Waals surface area (Å²) in [5.74, 6) is 2.21. The van der Waals surface area contributed by atoms with E-state index in [0.717, 1.165) is 5.82 Å². The lowest BCUT2D eigenvalue weighted by Gasteiger charge is -2.43. The van der Waals surface area contributed by atoms with Crippen molar-refractivity contribution in [2.24, 2.45) is 5.92 Å². The lowest BCUT2D eigenvalue weighted by Crippen LogP contribution is -2.48. The van der Waals surface area contributed by atoms with E-state index in [1.807, 2.05) is 26.1 Å². The van der Waals surface area contributed by atoms with Crippen LogP contribution in [-0.2, 0) is 0 Å². The van der Waals surface area contributed by atoms with Gasteiger partial charge in [0.1, 0.15) is 6.17 Å². The van der Waals surface area contributed by atoms with Gasteiger partial charge in [-0.3, -0.25) is 0 Å². The number of pyridine rings is 1. The van der Waals surface area contributed by atoms with E-state index >= 15 is 0 Å². The van der Waals surface area contributed by atoms with Crippen LogP contribution in [0.4, 0.5) is 17.2 Å². The zero-order valence-corrected chi connectivity index (χ0v) is 14.1. The maximum atomic E-state index is 4.64. The van der Waals surface area contributed by atoms with Gasteiger partial charge in [-0.2, -0.15) is 0 Å². The molecule has 3 heteroatoms. The summed E-state index contributed by atoms with van der Waals surface area (Å²) in [4.78, 5) is 9.42. The smallest absolute Gasteiger partial charge is 0.158 e. The molecular formula is C19H25N3. The molecule has 1 aromatic heterocycles. The lowest BCUT2D eigenvalue weighted by atomic mass is 9.81. The number of rotatable bonds is 0. The van der Waals surface area contributed by atoms with Gasteiger partial charge in [0.05, 0.1) is 5.69 Å². The molecule has 0 saturated carbocycles. The third-order valence-electron chi connectivity index (χ3n) is 4.98. The molecule has 3 atom stereocenters. The van der Waals surface area contributed by atoms with Gasteiger partial charge in [-0.05, 0) is 29.7 Å². The van der Waals surface area contributed by atoms with Gasteiger partial charge in [-0.1, -0.05) is 45.9 Å². The van der Waals surface area contributed by atoms with Crippen LogP contribution in [0.3, 0.4) is 0 Å². The molecular weight excluding hydrogens is 270 g/mol. The number of anilines is 3. The standard InChI is InChI=1S/C17H19N3.C2H6/c1-11-12(2)17-19(3)15-9-6-10-18-16(15)20(17)14-8-5-4-7-13(11)14;1-2/h4-12,17H,1-3H3;1-2H3. The quantitative estimate of drug-likeness (QED) is 0.697. The highest BCUT2D eigenvalue weighted by Crippen LogP contribution is 2.51. The van der Waals surface area contributed by atoms with E-state index in [4.69, 9.17) is 0 Å². The topological polar surface area (TPSA) is 19.4 Å². The zero-order valence-electron chi connectivity index (χ0n) is 14.1. The van der Waals surface area contributed by atoms with Crippen LogP contribution >= 0.6 is 0 Å². The van der Waals surface area contributed by atoms with Crippen molar-refractivity contribution < 1.29 is 0 Å². The number of aromatic nitrogens is 1. The summed E-state index contributed by atoms with van der Waals surface area (Å²) in [5.41, 5.74) is 3.98. The van der Waals surface area contributed by atoms with Crippen molar-refractivity contribution in [2.45, 2.75) is 39.8 Å². The maximum absolute atomic E-state index is 4.64. The minimum absolute atomic E-state index is 0.366. The molecule has 1 aromatic carbocycles. The molecule has 0 spiro atoms. The van der Waals surface area contributed by atoms with Crippen molar-refractivity contribution in [3.8, 4) is 0 Å². The number of benzene rings is 1. The minimum Gasteiger partial charge on any atom is -0.351 e. The van der Waals surface area contributed by atoms with Gasteiger partial charge in [0.15, 0.2) is 5.82 Å². The van der Waals surface area contributed by atoms with Crippen LogP contribution in [-0.4, -0.2) is 18.2 Å². The molecule has 3 unspecified atom stereocenters.